The van der Waals surface area contributed by atoms with Gasteiger partial charge in [-0.3, -0.25) is 0 Å². The number of hydrogen-bond acceptors (Lipinski definition) is 4. The molecule has 0 spiro atoms. The molecule has 108 valence electrons. The second-order valence-corrected chi connectivity index (χ2v) is 8.20. The SMILES string of the molecule is CCCNC1CC(C)(C)Cc2nc(-c3ccsc3)sc21. The van der Waals surface area contributed by atoms with Gasteiger partial charge in [-0.2, -0.15) is 11.3 Å². The summed E-state index contributed by atoms with van der Waals surface area (Å²) in [5.74, 6) is 0. The molecule has 0 saturated carbocycles. The van der Waals surface area contributed by atoms with Gasteiger partial charge in [-0.15, -0.1) is 11.3 Å². The summed E-state index contributed by atoms with van der Waals surface area (Å²) in [6.45, 7) is 8.04. The van der Waals surface area contributed by atoms with Gasteiger partial charge in [0.1, 0.15) is 5.01 Å². The minimum atomic E-state index is 0.346. The van der Waals surface area contributed by atoms with Gasteiger partial charge in [0.25, 0.3) is 0 Å². The van der Waals surface area contributed by atoms with E-state index in [1.54, 1.807) is 11.3 Å². The molecule has 3 rings (SSSR count). The molecule has 0 radical (unpaired) electrons. The van der Waals surface area contributed by atoms with Crippen LogP contribution in [0, 0.1) is 5.41 Å². The summed E-state index contributed by atoms with van der Waals surface area (Å²) >= 11 is 3.63. The van der Waals surface area contributed by atoms with Crippen molar-refractivity contribution in [3.8, 4) is 10.6 Å². The predicted octanol–water partition coefficient (Wildman–Crippen LogP) is 4.88. The number of aromatic nitrogens is 1. The van der Waals surface area contributed by atoms with Crippen molar-refractivity contribution in [2.45, 2.75) is 46.1 Å². The van der Waals surface area contributed by atoms with Crippen LogP contribution < -0.4 is 5.32 Å². The van der Waals surface area contributed by atoms with Crippen molar-refractivity contribution in [2.75, 3.05) is 6.54 Å². The Bertz CT molecular complexity index is 569. The van der Waals surface area contributed by atoms with E-state index >= 15 is 0 Å². The fourth-order valence-corrected chi connectivity index (χ4v) is 4.79. The first-order valence-electron chi connectivity index (χ1n) is 7.34. The van der Waals surface area contributed by atoms with E-state index in [1.165, 1.54) is 34.0 Å². The Labute approximate surface area is 129 Å². The van der Waals surface area contributed by atoms with E-state index in [9.17, 15) is 0 Å². The lowest BCUT2D eigenvalue weighted by molar-refractivity contribution is 0.258. The van der Waals surface area contributed by atoms with Gasteiger partial charge in [0, 0.05) is 21.9 Å². The molecule has 2 aromatic heterocycles. The summed E-state index contributed by atoms with van der Waals surface area (Å²) in [4.78, 5) is 6.40. The van der Waals surface area contributed by atoms with E-state index in [2.05, 4.69) is 42.9 Å². The highest BCUT2D eigenvalue weighted by Gasteiger charge is 2.34. The highest BCUT2D eigenvalue weighted by atomic mass is 32.1. The van der Waals surface area contributed by atoms with Crippen LogP contribution in [0.3, 0.4) is 0 Å². The minimum Gasteiger partial charge on any atom is -0.309 e. The van der Waals surface area contributed by atoms with Crippen molar-refractivity contribution in [3.05, 3.63) is 27.4 Å². The van der Waals surface area contributed by atoms with Crippen molar-refractivity contribution in [3.63, 3.8) is 0 Å². The molecule has 2 aromatic rings. The summed E-state index contributed by atoms with van der Waals surface area (Å²) in [5.41, 5.74) is 2.95. The van der Waals surface area contributed by atoms with Gasteiger partial charge >= 0.3 is 0 Å². The first kappa shape index (κ1) is 14.2. The van der Waals surface area contributed by atoms with Crippen LogP contribution in [0.25, 0.3) is 10.6 Å². The summed E-state index contributed by atoms with van der Waals surface area (Å²) < 4.78 is 0. The minimum absolute atomic E-state index is 0.346. The van der Waals surface area contributed by atoms with Crippen LogP contribution in [0.15, 0.2) is 16.8 Å². The number of thiazole rings is 1. The van der Waals surface area contributed by atoms with Crippen molar-refractivity contribution >= 4 is 22.7 Å². The molecule has 0 saturated heterocycles. The lowest BCUT2D eigenvalue weighted by Gasteiger charge is -2.34. The molecule has 1 aliphatic carbocycles. The Balaban J connectivity index is 1.94. The number of nitrogens with one attached hydrogen (secondary N) is 1. The zero-order valence-corrected chi connectivity index (χ0v) is 14.0. The van der Waals surface area contributed by atoms with E-state index in [0.29, 0.717) is 11.5 Å². The Morgan fingerprint density at radius 2 is 2.30 bits per heavy atom. The van der Waals surface area contributed by atoms with Crippen molar-refractivity contribution in [1.82, 2.24) is 10.3 Å². The second-order valence-electron chi connectivity index (χ2n) is 6.39. The lowest BCUT2D eigenvalue weighted by Crippen LogP contribution is -2.33. The Hall–Kier alpha value is -0.710. The van der Waals surface area contributed by atoms with Crippen LogP contribution in [0.5, 0.6) is 0 Å². The molecular weight excluding hydrogens is 284 g/mol. The quantitative estimate of drug-likeness (QED) is 0.870. The largest absolute Gasteiger partial charge is 0.309 e. The first-order valence-corrected chi connectivity index (χ1v) is 9.10. The molecule has 1 aliphatic rings. The summed E-state index contributed by atoms with van der Waals surface area (Å²) in [6, 6.07) is 2.66. The van der Waals surface area contributed by atoms with Gasteiger partial charge in [-0.1, -0.05) is 20.8 Å². The third-order valence-electron chi connectivity index (χ3n) is 3.86. The molecule has 0 bridgehead atoms. The van der Waals surface area contributed by atoms with Crippen LogP contribution in [-0.4, -0.2) is 11.5 Å². The summed E-state index contributed by atoms with van der Waals surface area (Å²) in [7, 11) is 0. The second kappa shape index (κ2) is 5.58. The van der Waals surface area contributed by atoms with Crippen LogP contribution >= 0.6 is 22.7 Å². The Kier molecular flexibility index (Phi) is 3.98. The zero-order valence-electron chi connectivity index (χ0n) is 12.4. The maximum atomic E-state index is 4.93. The van der Waals surface area contributed by atoms with E-state index in [1.807, 2.05) is 11.3 Å². The first-order chi connectivity index (χ1) is 9.59. The molecule has 1 atom stereocenters. The number of rotatable bonds is 4. The van der Waals surface area contributed by atoms with Crippen molar-refractivity contribution in [1.29, 1.82) is 0 Å². The fraction of sp³-hybridized carbons (Fsp3) is 0.562. The molecule has 2 heterocycles. The fourth-order valence-electron chi connectivity index (χ4n) is 2.93. The maximum absolute atomic E-state index is 4.93. The third-order valence-corrected chi connectivity index (χ3v) is 5.80. The van der Waals surface area contributed by atoms with Gasteiger partial charge in [0.05, 0.1) is 5.69 Å². The monoisotopic (exact) mass is 306 g/mol. The average molecular weight is 306 g/mol. The molecule has 0 fully saturated rings. The van der Waals surface area contributed by atoms with Crippen LogP contribution in [-0.2, 0) is 6.42 Å². The van der Waals surface area contributed by atoms with Crippen molar-refractivity contribution in [2.24, 2.45) is 5.41 Å². The molecular formula is C16H22N2S2. The molecule has 1 N–H and O–H groups in total. The number of hydrogen-bond donors (Lipinski definition) is 1. The van der Waals surface area contributed by atoms with Gasteiger partial charge in [0.2, 0.25) is 0 Å². The lowest BCUT2D eigenvalue weighted by atomic mass is 9.76. The standard InChI is InChI=1S/C16H22N2S2/c1-4-6-17-12-8-16(2,3)9-13-14(12)20-15(18-13)11-5-7-19-10-11/h5,7,10,12,17H,4,6,8-9H2,1-3H3. The van der Waals surface area contributed by atoms with Crippen LogP contribution in [0.1, 0.15) is 50.2 Å². The topological polar surface area (TPSA) is 24.9 Å². The molecule has 0 aromatic carbocycles. The highest BCUT2D eigenvalue weighted by Crippen LogP contribution is 2.44. The average Bonchev–Trinajstić information content (AvgIpc) is 3.02. The Morgan fingerprint density at radius 3 is 3.00 bits per heavy atom. The van der Waals surface area contributed by atoms with Gasteiger partial charge < -0.3 is 5.32 Å². The maximum Gasteiger partial charge on any atom is 0.124 e. The smallest absolute Gasteiger partial charge is 0.124 e. The summed E-state index contributed by atoms with van der Waals surface area (Å²) in [5, 5.41) is 9.24. The number of thiophene rings is 1. The Morgan fingerprint density at radius 1 is 1.45 bits per heavy atom. The normalized spacial score (nSPS) is 20.9. The highest BCUT2D eigenvalue weighted by molar-refractivity contribution is 7.15. The van der Waals surface area contributed by atoms with E-state index < -0.39 is 0 Å². The molecule has 1 unspecified atom stereocenters. The van der Waals surface area contributed by atoms with Gasteiger partial charge in [-0.25, -0.2) is 4.98 Å². The molecule has 4 heteroatoms. The van der Waals surface area contributed by atoms with Crippen LogP contribution in [0.2, 0.25) is 0 Å². The van der Waals surface area contributed by atoms with Crippen LogP contribution in [0.4, 0.5) is 0 Å². The predicted molar refractivity (Wildman–Crippen MR) is 88.6 cm³/mol. The van der Waals surface area contributed by atoms with E-state index in [4.69, 9.17) is 4.98 Å². The number of nitrogens with zero attached hydrogens (tertiary/aromatic N) is 1. The number of fused-ring (bicyclic) bond motifs is 1. The van der Waals surface area contributed by atoms with Crippen molar-refractivity contribution < 1.29 is 0 Å². The molecule has 20 heavy (non-hydrogen) atoms. The molecule has 0 aliphatic heterocycles. The van der Waals surface area contributed by atoms with Gasteiger partial charge in [-0.05, 0) is 42.7 Å². The third kappa shape index (κ3) is 2.83. The summed E-state index contributed by atoms with van der Waals surface area (Å²) in [6.07, 6.45) is 3.50. The zero-order chi connectivity index (χ0) is 14.2. The van der Waals surface area contributed by atoms with Gasteiger partial charge in [0.15, 0.2) is 0 Å². The van der Waals surface area contributed by atoms with E-state index in [-0.39, 0.29) is 0 Å². The molecule has 0 amide bonds. The van der Waals surface area contributed by atoms with E-state index in [0.717, 1.165) is 13.0 Å². The molecule has 2 nitrogen and oxygen atoms in total.